The number of hydrogen-bond acceptors (Lipinski definition) is 1. The van der Waals surface area contributed by atoms with Gasteiger partial charge < -0.3 is 5.32 Å². The molecule has 2 aliphatic rings. The first-order valence-corrected chi connectivity index (χ1v) is 8.29. The van der Waals surface area contributed by atoms with Crippen LogP contribution in [0.3, 0.4) is 0 Å². The fraction of sp³-hybridized carbons (Fsp3) is 0.647. The van der Waals surface area contributed by atoms with Crippen LogP contribution in [-0.4, -0.2) is 6.04 Å². The van der Waals surface area contributed by atoms with Gasteiger partial charge in [0.25, 0.3) is 0 Å². The van der Waals surface area contributed by atoms with Crippen molar-refractivity contribution in [3.8, 4) is 0 Å². The molecular formula is C17H23BrFN. The summed E-state index contributed by atoms with van der Waals surface area (Å²) < 4.78 is 14.1. The molecule has 2 fully saturated rings. The molecule has 1 N–H and O–H groups in total. The molecule has 0 heterocycles. The van der Waals surface area contributed by atoms with Crippen LogP contribution in [0.15, 0.2) is 22.7 Å². The minimum atomic E-state index is -0.178. The first-order valence-electron chi connectivity index (χ1n) is 7.50. The Labute approximate surface area is 129 Å². The molecule has 3 unspecified atom stereocenters. The third kappa shape index (κ3) is 2.23. The van der Waals surface area contributed by atoms with Crippen LogP contribution < -0.4 is 5.32 Å². The van der Waals surface area contributed by atoms with Gasteiger partial charge >= 0.3 is 0 Å². The lowest BCUT2D eigenvalue weighted by Crippen LogP contribution is -2.49. The Morgan fingerprint density at radius 3 is 2.70 bits per heavy atom. The largest absolute Gasteiger partial charge is 0.309 e. The zero-order chi connectivity index (χ0) is 14.5. The van der Waals surface area contributed by atoms with Gasteiger partial charge in [0.15, 0.2) is 0 Å². The van der Waals surface area contributed by atoms with Crippen LogP contribution in [0.5, 0.6) is 0 Å². The van der Waals surface area contributed by atoms with Crippen LogP contribution in [0.25, 0.3) is 0 Å². The Balaban J connectivity index is 1.73. The third-order valence-corrected chi connectivity index (χ3v) is 6.41. The smallest absolute Gasteiger partial charge is 0.137 e. The van der Waals surface area contributed by atoms with Crippen LogP contribution in [0.4, 0.5) is 4.39 Å². The second-order valence-corrected chi connectivity index (χ2v) is 8.33. The molecule has 110 valence electrons. The Kier molecular flexibility index (Phi) is 3.49. The molecule has 3 heteroatoms. The third-order valence-electron chi connectivity index (χ3n) is 5.76. The first kappa shape index (κ1) is 14.5. The van der Waals surface area contributed by atoms with Gasteiger partial charge in [0.1, 0.15) is 5.82 Å². The highest BCUT2D eigenvalue weighted by Crippen LogP contribution is 2.62. The summed E-state index contributed by atoms with van der Waals surface area (Å²) in [6.45, 7) is 7.95. The van der Waals surface area contributed by atoms with Crippen LogP contribution in [0.1, 0.15) is 45.6 Å². The lowest BCUT2D eigenvalue weighted by Gasteiger charge is -2.43. The van der Waals surface area contributed by atoms with Gasteiger partial charge in [-0.15, -0.1) is 0 Å². The lowest BCUT2D eigenvalue weighted by atomic mass is 9.68. The predicted molar refractivity (Wildman–Crippen MR) is 84.0 cm³/mol. The standard InChI is InChI=1S/C17H23BrFN/c1-16(2)12-6-7-17(3,9-12)15(16)20-10-11-4-5-13(18)14(19)8-11/h4-5,8,12,15,20H,6-7,9-10H2,1-3H3. The van der Waals surface area contributed by atoms with E-state index in [1.165, 1.54) is 19.3 Å². The number of halogens is 2. The Morgan fingerprint density at radius 1 is 1.35 bits per heavy atom. The molecule has 1 aromatic rings. The lowest BCUT2D eigenvalue weighted by molar-refractivity contribution is 0.108. The zero-order valence-corrected chi connectivity index (χ0v) is 14.1. The maximum atomic E-state index is 13.6. The Bertz CT molecular complexity index is 523. The van der Waals surface area contributed by atoms with Gasteiger partial charge in [0.2, 0.25) is 0 Å². The summed E-state index contributed by atoms with van der Waals surface area (Å²) in [7, 11) is 0. The van der Waals surface area contributed by atoms with Crippen LogP contribution in [-0.2, 0) is 6.54 Å². The van der Waals surface area contributed by atoms with E-state index in [0.29, 0.717) is 21.3 Å². The van der Waals surface area contributed by atoms with Crippen molar-refractivity contribution >= 4 is 15.9 Å². The quantitative estimate of drug-likeness (QED) is 0.826. The summed E-state index contributed by atoms with van der Waals surface area (Å²) in [5.41, 5.74) is 1.79. The van der Waals surface area contributed by atoms with Gasteiger partial charge in [-0.2, -0.15) is 0 Å². The molecule has 0 radical (unpaired) electrons. The Hall–Kier alpha value is -0.410. The minimum Gasteiger partial charge on any atom is -0.309 e. The van der Waals surface area contributed by atoms with Crippen molar-refractivity contribution in [2.24, 2.45) is 16.7 Å². The predicted octanol–water partition coefficient (Wildman–Crippen LogP) is 4.89. The van der Waals surface area contributed by atoms with Crippen molar-refractivity contribution in [1.82, 2.24) is 5.32 Å². The van der Waals surface area contributed by atoms with Gasteiger partial charge in [-0.25, -0.2) is 4.39 Å². The number of nitrogens with one attached hydrogen (secondary N) is 1. The molecule has 0 amide bonds. The zero-order valence-electron chi connectivity index (χ0n) is 12.5. The van der Waals surface area contributed by atoms with Crippen LogP contribution in [0, 0.1) is 22.6 Å². The molecule has 1 aromatic carbocycles. The van der Waals surface area contributed by atoms with Crippen molar-refractivity contribution in [1.29, 1.82) is 0 Å². The molecule has 3 rings (SSSR count). The topological polar surface area (TPSA) is 12.0 Å². The summed E-state index contributed by atoms with van der Waals surface area (Å²) in [5, 5.41) is 3.72. The van der Waals surface area contributed by atoms with Gasteiger partial charge in [-0.3, -0.25) is 0 Å². The van der Waals surface area contributed by atoms with Gasteiger partial charge in [0.05, 0.1) is 4.47 Å². The summed E-state index contributed by atoms with van der Waals surface area (Å²) in [6, 6.07) is 5.93. The maximum absolute atomic E-state index is 13.6. The molecule has 0 aliphatic heterocycles. The molecule has 0 spiro atoms. The average molecular weight is 340 g/mol. The van der Waals surface area contributed by atoms with Gasteiger partial charge in [-0.05, 0) is 69.6 Å². The highest BCUT2D eigenvalue weighted by atomic mass is 79.9. The maximum Gasteiger partial charge on any atom is 0.137 e. The highest BCUT2D eigenvalue weighted by Gasteiger charge is 2.58. The van der Waals surface area contributed by atoms with Crippen molar-refractivity contribution in [3.05, 3.63) is 34.1 Å². The molecule has 3 atom stereocenters. The van der Waals surface area contributed by atoms with E-state index in [0.717, 1.165) is 18.0 Å². The van der Waals surface area contributed by atoms with E-state index in [1.807, 2.05) is 6.07 Å². The fourth-order valence-electron chi connectivity index (χ4n) is 4.68. The SMILES string of the molecule is CC12CCC(C1)C(C)(C)C2NCc1ccc(Br)c(F)c1. The van der Waals surface area contributed by atoms with E-state index in [2.05, 4.69) is 42.0 Å². The molecule has 0 saturated heterocycles. The molecule has 2 aliphatic carbocycles. The van der Waals surface area contributed by atoms with E-state index in [9.17, 15) is 4.39 Å². The van der Waals surface area contributed by atoms with Crippen molar-refractivity contribution in [3.63, 3.8) is 0 Å². The summed E-state index contributed by atoms with van der Waals surface area (Å²) in [5.74, 6) is 0.661. The van der Waals surface area contributed by atoms with Gasteiger partial charge in [-0.1, -0.05) is 26.8 Å². The number of benzene rings is 1. The molecule has 2 saturated carbocycles. The Morgan fingerprint density at radius 2 is 2.10 bits per heavy atom. The highest BCUT2D eigenvalue weighted by molar-refractivity contribution is 9.10. The monoisotopic (exact) mass is 339 g/mol. The molecule has 0 aromatic heterocycles. The van der Waals surface area contributed by atoms with Crippen molar-refractivity contribution < 1.29 is 4.39 Å². The summed E-state index contributed by atoms with van der Waals surface area (Å²) in [6.07, 6.45) is 4.04. The molecule has 20 heavy (non-hydrogen) atoms. The summed E-state index contributed by atoms with van der Waals surface area (Å²) >= 11 is 3.20. The van der Waals surface area contributed by atoms with Crippen LogP contribution >= 0.6 is 15.9 Å². The van der Waals surface area contributed by atoms with E-state index >= 15 is 0 Å². The van der Waals surface area contributed by atoms with Crippen molar-refractivity contribution in [2.45, 2.75) is 52.6 Å². The van der Waals surface area contributed by atoms with E-state index < -0.39 is 0 Å². The molecular weight excluding hydrogens is 317 g/mol. The summed E-state index contributed by atoms with van der Waals surface area (Å²) in [4.78, 5) is 0. The number of hydrogen-bond donors (Lipinski definition) is 1. The van der Waals surface area contributed by atoms with Crippen LogP contribution in [0.2, 0.25) is 0 Å². The normalized spacial score (nSPS) is 34.6. The first-order chi connectivity index (χ1) is 9.33. The molecule has 1 nitrogen and oxygen atoms in total. The van der Waals surface area contributed by atoms with Gasteiger partial charge in [0, 0.05) is 12.6 Å². The van der Waals surface area contributed by atoms with E-state index in [-0.39, 0.29) is 5.82 Å². The second kappa shape index (κ2) is 4.81. The van der Waals surface area contributed by atoms with E-state index in [4.69, 9.17) is 0 Å². The minimum absolute atomic E-state index is 0.178. The fourth-order valence-corrected chi connectivity index (χ4v) is 4.93. The van der Waals surface area contributed by atoms with E-state index in [1.54, 1.807) is 12.1 Å². The number of fused-ring (bicyclic) bond motifs is 2. The van der Waals surface area contributed by atoms with Crippen molar-refractivity contribution in [2.75, 3.05) is 0 Å². The average Bonchev–Trinajstić information content (AvgIpc) is 2.84. The molecule has 2 bridgehead atoms. The number of rotatable bonds is 3. The second-order valence-electron chi connectivity index (χ2n) is 7.48.